The Balaban J connectivity index is 1.48. The molecule has 0 aromatic heterocycles. The van der Waals surface area contributed by atoms with E-state index in [0.29, 0.717) is 24.1 Å². The Labute approximate surface area is 166 Å². The summed E-state index contributed by atoms with van der Waals surface area (Å²) in [6, 6.07) is 10.5. The van der Waals surface area contributed by atoms with Crippen molar-refractivity contribution in [3.05, 3.63) is 63.1 Å². The molecule has 0 atom stereocenters. The van der Waals surface area contributed by atoms with E-state index in [2.05, 4.69) is 26.6 Å². The van der Waals surface area contributed by atoms with E-state index in [9.17, 15) is 14.4 Å². The van der Waals surface area contributed by atoms with Gasteiger partial charge in [-0.1, -0.05) is 33.6 Å². The van der Waals surface area contributed by atoms with Crippen LogP contribution in [0.5, 0.6) is 0 Å². The maximum atomic E-state index is 12.4. The molecule has 7 heteroatoms. The van der Waals surface area contributed by atoms with Gasteiger partial charge in [-0.05, 0) is 50.1 Å². The molecule has 1 heterocycles. The number of halogens is 1. The van der Waals surface area contributed by atoms with Crippen molar-refractivity contribution in [3.63, 3.8) is 0 Å². The van der Waals surface area contributed by atoms with Gasteiger partial charge in [0.05, 0.1) is 11.1 Å². The monoisotopic (exact) mass is 429 g/mol. The second-order valence-corrected chi connectivity index (χ2v) is 7.42. The fourth-order valence-electron chi connectivity index (χ4n) is 3.03. The van der Waals surface area contributed by atoms with Gasteiger partial charge in [-0.15, -0.1) is 0 Å². The van der Waals surface area contributed by atoms with Gasteiger partial charge >= 0.3 is 6.03 Å². The molecule has 0 aliphatic carbocycles. The van der Waals surface area contributed by atoms with Crippen LogP contribution < -0.4 is 10.6 Å². The Morgan fingerprint density at radius 2 is 1.78 bits per heavy atom. The topological polar surface area (TPSA) is 78.5 Å². The maximum Gasteiger partial charge on any atom is 0.319 e. The first-order valence-corrected chi connectivity index (χ1v) is 9.44. The second kappa shape index (κ2) is 7.92. The van der Waals surface area contributed by atoms with E-state index in [1.54, 1.807) is 18.2 Å². The van der Waals surface area contributed by atoms with Crippen LogP contribution >= 0.6 is 15.9 Å². The average Bonchev–Trinajstić information content (AvgIpc) is 2.85. The molecule has 4 amide bonds. The summed E-state index contributed by atoms with van der Waals surface area (Å²) >= 11 is 3.31. The van der Waals surface area contributed by atoms with Gasteiger partial charge < -0.3 is 10.6 Å². The van der Waals surface area contributed by atoms with Gasteiger partial charge in [-0.3, -0.25) is 14.5 Å². The summed E-state index contributed by atoms with van der Waals surface area (Å²) in [6.45, 7) is 4.54. The quantitative estimate of drug-likeness (QED) is 0.559. The summed E-state index contributed by atoms with van der Waals surface area (Å²) in [4.78, 5) is 38.0. The van der Waals surface area contributed by atoms with Crippen LogP contribution in [0.4, 0.5) is 10.5 Å². The number of hydrogen-bond acceptors (Lipinski definition) is 3. The standard InChI is InChI=1S/C20H20BrN3O3/c1-12-4-7-17(13(2)10-12)23-20(27)22-8-3-9-24-18(25)15-6-5-14(21)11-16(15)19(24)26/h4-7,10-11H,3,8-9H2,1-2H3,(H2,22,23,27). The first-order chi connectivity index (χ1) is 12.9. The Morgan fingerprint density at radius 3 is 2.52 bits per heavy atom. The van der Waals surface area contributed by atoms with Crippen LogP contribution in [0.1, 0.15) is 38.3 Å². The number of carbonyl (C=O) groups excluding carboxylic acids is 3. The SMILES string of the molecule is Cc1ccc(NC(=O)NCCCN2C(=O)c3ccc(Br)cc3C2=O)c(C)c1. The first-order valence-electron chi connectivity index (χ1n) is 8.64. The van der Waals surface area contributed by atoms with Crippen LogP contribution in [-0.4, -0.2) is 35.8 Å². The van der Waals surface area contributed by atoms with E-state index in [1.165, 1.54) is 4.90 Å². The molecule has 0 saturated heterocycles. The van der Waals surface area contributed by atoms with Crippen molar-refractivity contribution in [2.24, 2.45) is 0 Å². The predicted octanol–water partition coefficient (Wildman–Crippen LogP) is 3.87. The van der Waals surface area contributed by atoms with Crippen molar-refractivity contribution in [3.8, 4) is 0 Å². The lowest BCUT2D eigenvalue weighted by molar-refractivity contribution is 0.0653. The fourth-order valence-corrected chi connectivity index (χ4v) is 3.39. The second-order valence-electron chi connectivity index (χ2n) is 6.50. The highest BCUT2D eigenvalue weighted by Crippen LogP contribution is 2.26. The molecular formula is C20H20BrN3O3. The number of aryl methyl sites for hydroxylation is 2. The number of rotatable bonds is 5. The van der Waals surface area contributed by atoms with Crippen molar-refractivity contribution in [1.29, 1.82) is 0 Å². The molecule has 3 rings (SSSR count). The molecule has 0 spiro atoms. The molecule has 0 radical (unpaired) electrons. The molecule has 2 aromatic rings. The van der Waals surface area contributed by atoms with Crippen molar-refractivity contribution in [2.45, 2.75) is 20.3 Å². The van der Waals surface area contributed by atoms with Gasteiger partial charge in [0.15, 0.2) is 0 Å². The van der Waals surface area contributed by atoms with Crippen molar-refractivity contribution in [1.82, 2.24) is 10.2 Å². The number of hydrogen-bond donors (Lipinski definition) is 2. The largest absolute Gasteiger partial charge is 0.338 e. The Morgan fingerprint density at radius 1 is 1.04 bits per heavy atom. The molecule has 140 valence electrons. The van der Waals surface area contributed by atoms with Gasteiger partial charge in [0, 0.05) is 23.2 Å². The summed E-state index contributed by atoms with van der Waals surface area (Å²) in [6.07, 6.45) is 0.479. The highest BCUT2D eigenvalue weighted by atomic mass is 79.9. The van der Waals surface area contributed by atoms with E-state index in [1.807, 2.05) is 32.0 Å². The van der Waals surface area contributed by atoms with Crippen LogP contribution in [0, 0.1) is 13.8 Å². The van der Waals surface area contributed by atoms with Crippen molar-refractivity contribution in [2.75, 3.05) is 18.4 Å². The third kappa shape index (κ3) is 4.19. The summed E-state index contributed by atoms with van der Waals surface area (Å²) < 4.78 is 0.758. The molecule has 1 aliphatic rings. The number of nitrogens with one attached hydrogen (secondary N) is 2. The summed E-state index contributed by atoms with van der Waals surface area (Å²) in [5, 5.41) is 5.55. The fraction of sp³-hybridized carbons (Fsp3) is 0.250. The van der Waals surface area contributed by atoms with Gasteiger partial charge in [-0.25, -0.2) is 4.79 Å². The van der Waals surface area contributed by atoms with Crippen LogP contribution in [0.2, 0.25) is 0 Å². The minimum absolute atomic E-state index is 0.258. The van der Waals surface area contributed by atoms with Crippen molar-refractivity contribution < 1.29 is 14.4 Å². The molecule has 0 unspecified atom stereocenters. The summed E-state index contributed by atoms with van der Waals surface area (Å²) in [5.41, 5.74) is 3.71. The number of benzene rings is 2. The normalized spacial score (nSPS) is 12.9. The van der Waals surface area contributed by atoms with E-state index >= 15 is 0 Å². The lowest BCUT2D eigenvalue weighted by Gasteiger charge is -2.14. The zero-order chi connectivity index (χ0) is 19.6. The number of nitrogens with zero attached hydrogens (tertiary/aromatic N) is 1. The molecular weight excluding hydrogens is 410 g/mol. The van der Waals surface area contributed by atoms with Gasteiger partial charge in [0.2, 0.25) is 0 Å². The molecule has 0 saturated carbocycles. The predicted molar refractivity (Wildman–Crippen MR) is 107 cm³/mol. The Kier molecular flexibility index (Phi) is 5.60. The van der Waals surface area contributed by atoms with E-state index in [0.717, 1.165) is 21.3 Å². The highest BCUT2D eigenvalue weighted by molar-refractivity contribution is 9.10. The molecule has 0 fully saturated rings. The lowest BCUT2D eigenvalue weighted by Crippen LogP contribution is -2.35. The summed E-state index contributed by atoms with van der Waals surface area (Å²) in [5.74, 6) is -0.585. The molecule has 0 bridgehead atoms. The third-order valence-electron chi connectivity index (χ3n) is 4.41. The number of carbonyl (C=O) groups is 3. The third-order valence-corrected chi connectivity index (χ3v) is 4.90. The summed E-state index contributed by atoms with van der Waals surface area (Å²) in [7, 11) is 0. The van der Waals surface area contributed by atoms with Gasteiger partial charge in [0.1, 0.15) is 0 Å². The van der Waals surface area contributed by atoms with E-state index in [4.69, 9.17) is 0 Å². The Bertz CT molecular complexity index is 927. The minimum Gasteiger partial charge on any atom is -0.338 e. The number of urea groups is 1. The Hall–Kier alpha value is -2.67. The number of amides is 4. The molecule has 1 aliphatic heterocycles. The smallest absolute Gasteiger partial charge is 0.319 e. The van der Waals surface area contributed by atoms with Gasteiger partial charge in [0.25, 0.3) is 11.8 Å². The van der Waals surface area contributed by atoms with Crippen LogP contribution in [0.3, 0.4) is 0 Å². The van der Waals surface area contributed by atoms with Gasteiger partial charge in [-0.2, -0.15) is 0 Å². The van der Waals surface area contributed by atoms with E-state index < -0.39 is 0 Å². The lowest BCUT2D eigenvalue weighted by atomic mass is 10.1. The minimum atomic E-state index is -0.312. The van der Waals surface area contributed by atoms with Crippen LogP contribution in [-0.2, 0) is 0 Å². The zero-order valence-corrected chi connectivity index (χ0v) is 16.7. The molecule has 6 nitrogen and oxygen atoms in total. The number of fused-ring (bicyclic) bond motifs is 1. The van der Waals surface area contributed by atoms with Crippen molar-refractivity contribution >= 4 is 39.5 Å². The van der Waals surface area contributed by atoms with Crippen LogP contribution in [0.15, 0.2) is 40.9 Å². The molecule has 2 aromatic carbocycles. The number of anilines is 1. The van der Waals surface area contributed by atoms with Crippen LogP contribution in [0.25, 0.3) is 0 Å². The number of imide groups is 1. The first kappa shape index (κ1) is 19.1. The molecule has 2 N–H and O–H groups in total. The average molecular weight is 430 g/mol. The maximum absolute atomic E-state index is 12.4. The zero-order valence-electron chi connectivity index (χ0n) is 15.1. The highest BCUT2D eigenvalue weighted by Gasteiger charge is 2.34. The van der Waals surface area contributed by atoms with E-state index in [-0.39, 0.29) is 24.4 Å². The molecule has 27 heavy (non-hydrogen) atoms.